The van der Waals surface area contributed by atoms with Crippen molar-refractivity contribution >= 4 is 23.2 Å². The zero-order valence-electron chi connectivity index (χ0n) is 16.6. The zero-order valence-corrected chi connectivity index (χ0v) is 17.3. The molecule has 1 aliphatic rings. The van der Waals surface area contributed by atoms with Gasteiger partial charge in [0.25, 0.3) is 5.91 Å². The summed E-state index contributed by atoms with van der Waals surface area (Å²) in [7, 11) is 0. The molecule has 1 saturated carbocycles. The highest BCUT2D eigenvalue weighted by Gasteiger charge is 2.29. The van der Waals surface area contributed by atoms with Crippen molar-refractivity contribution in [2.75, 3.05) is 5.32 Å². The largest absolute Gasteiger partial charge is 0.507 e. The predicted octanol–water partition coefficient (Wildman–Crippen LogP) is 6.40. The molecule has 1 fully saturated rings. The van der Waals surface area contributed by atoms with E-state index in [4.69, 9.17) is 16.3 Å². The first kappa shape index (κ1) is 20.3. The number of para-hydroxylation sites is 2. The quantitative estimate of drug-likeness (QED) is 0.500. The third kappa shape index (κ3) is 4.60. The lowest BCUT2D eigenvalue weighted by atomic mass is 9.81. The number of hydrogen-bond acceptors (Lipinski definition) is 3. The van der Waals surface area contributed by atoms with Crippen molar-refractivity contribution < 1.29 is 14.6 Å². The maximum absolute atomic E-state index is 12.7. The number of anilines is 1. The van der Waals surface area contributed by atoms with Gasteiger partial charge in [-0.2, -0.15) is 0 Å². The summed E-state index contributed by atoms with van der Waals surface area (Å²) in [5.41, 5.74) is 1.98. The number of rotatable bonds is 5. The molecular formula is C25H24ClNO3. The SMILES string of the molecule is O=C(Nc1ccccc1O[C@@H]1CCCC[C@H]1c1ccccc1)c1cc(Cl)ccc1O. The Labute approximate surface area is 181 Å². The second-order valence-corrected chi connectivity index (χ2v) is 8.01. The van der Waals surface area contributed by atoms with Gasteiger partial charge in [-0.3, -0.25) is 4.79 Å². The van der Waals surface area contributed by atoms with Crippen LogP contribution >= 0.6 is 11.6 Å². The molecule has 4 nitrogen and oxygen atoms in total. The van der Waals surface area contributed by atoms with Crippen LogP contribution in [0.25, 0.3) is 0 Å². The van der Waals surface area contributed by atoms with Crippen molar-refractivity contribution in [2.45, 2.75) is 37.7 Å². The number of nitrogens with one attached hydrogen (secondary N) is 1. The Morgan fingerprint density at radius 3 is 2.53 bits per heavy atom. The molecule has 0 aromatic heterocycles. The van der Waals surface area contributed by atoms with E-state index in [0.29, 0.717) is 22.4 Å². The third-order valence-electron chi connectivity index (χ3n) is 5.55. The Bertz CT molecular complexity index is 1020. The molecule has 0 aliphatic heterocycles. The Kier molecular flexibility index (Phi) is 6.24. The van der Waals surface area contributed by atoms with Gasteiger partial charge in [-0.25, -0.2) is 0 Å². The van der Waals surface area contributed by atoms with Gasteiger partial charge in [0.1, 0.15) is 17.6 Å². The standard InChI is InChI=1S/C25H24ClNO3/c26-18-14-15-22(28)20(16-18)25(29)27-21-11-5-7-13-24(21)30-23-12-6-4-10-19(23)17-8-2-1-3-9-17/h1-3,5,7-9,11,13-16,19,23,28H,4,6,10,12H2,(H,27,29)/t19-,23+/m0/s1. The number of carbonyl (C=O) groups excluding carboxylic acids is 1. The smallest absolute Gasteiger partial charge is 0.259 e. The van der Waals surface area contributed by atoms with Crippen molar-refractivity contribution in [1.82, 2.24) is 0 Å². The van der Waals surface area contributed by atoms with Crippen molar-refractivity contribution in [1.29, 1.82) is 0 Å². The van der Waals surface area contributed by atoms with Crippen molar-refractivity contribution in [3.05, 3.63) is 88.9 Å². The lowest BCUT2D eigenvalue weighted by Crippen LogP contribution is -2.29. The predicted molar refractivity (Wildman–Crippen MR) is 120 cm³/mol. The summed E-state index contributed by atoms with van der Waals surface area (Å²) in [6.45, 7) is 0. The summed E-state index contributed by atoms with van der Waals surface area (Å²) in [5.74, 6) is 0.391. The maximum Gasteiger partial charge on any atom is 0.259 e. The average molecular weight is 422 g/mol. The minimum atomic E-state index is -0.436. The first-order valence-electron chi connectivity index (χ1n) is 10.2. The van der Waals surface area contributed by atoms with Gasteiger partial charge < -0.3 is 15.2 Å². The number of carbonyl (C=O) groups is 1. The first-order chi connectivity index (χ1) is 14.6. The van der Waals surface area contributed by atoms with Crippen LogP contribution in [0.3, 0.4) is 0 Å². The van der Waals surface area contributed by atoms with Gasteiger partial charge in [-0.05, 0) is 55.2 Å². The fourth-order valence-electron chi connectivity index (χ4n) is 4.03. The van der Waals surface area contributed by atoms with Gasteiger partial charge in [0.15, 0.2) is 0 Å². The van der Waals surface area contributed by atoms with Crippen LogP contribution in [0.5, 0.6) is 11.5 Å². The van der Waals surface area contributed by atoms with Gasteiger partial charge in [-0.15, -0.1) is 0 Å². The Morgan fingerprint density at radius 1 is 0.967 bits per heavy atom. The van der Waals surface area contributed by atoms with E-state index in [1.54, 1.807) is 6.07 Å². The fourth-order valence-corrected chi connectivity index (χ4v) is 4.21. The molecule has 0 unspecified atom stereocenters. The fraction of sp³-hybridized carbons (Fsp3) is 0.240. The van der Waals surface area contributed by atoms with Crippen LogP contribution in [-0.4, -0.2) is 17.1 Å². The molecule has 4 rings (SSSR count). The van der Waals surface area contributed by atoms with E-state index in [1.165, 1.54) is 30.2 Å². The number of halogens is 1. The summed E-state index contributed by atoms with van der Waals surface area (Å²) in [6, 6.07) is 22.3. The molecule has 3 aromatic carbocycles. The van der Waals surface area contributed by atoms with E-state index in [0.717, 1.165) is 19.3 Å². The molecule has 1 aliphatic carbocycles. The van der Waals surface area contributed by atoms with Crippen LogP contribution in [0.2, 0.25) is 5.02 Å². The number of ether oxygens (including phenoxy) is 1. The van der Waals surface area contributed by atoms with Crippen LogP contribution in [0, 0.1) is 0 Å². The van der Waals surface area contributed by atoms with Crippen LogP contribution < -0.4 is 10.1 Å². The van der Waals surface area contributed by atoms with Crippen molar-refractivity contribution in [2.24, 2.45) is 0 Å². The van der Waals surface area contributed by atoms with Gasteiger partial charge in [-0.1, -0.05) is 60.5 Å². The van der Waals surface area contributed by atoms with Gasteiger partial charge in [0.05, 0.1) is 11.3 Å². The maximum atomic E-state index is 12.7. The average Bonchev–Trinajstić information content (AvgIpc) is 2.77. The Hall–Kier alpha value is -2.98. The number of aromatic hydroxyl groups is 1. The number of amides is 1. The Morgan fingerprint density at radius 2 is 1.70 bits per heavy atom. The zero-order chi connectivity index (χ0) is 20.9. The molecule has 5 heteroatoms. The number of benzene rings is 3. The van der Waals surface area contributed by atoms with Gasteiger partial charge in [0.2, 0.25) is 0 Å². The molecule has 0 radical (unpaired) electrons. The Balaban J connectivity index is 1.55. The lowest BCUT2D eigenvalue weighted by molar-refractivity contribution is 0.102. The van der Waals surface area contributed by atoms with E-state index in [-0.39, 0.29) is 17.4 Å². The van der Waals surface area contributed by atoms with E-state index in [9.17, 15) is 9.90 Å². The molecule has 1 amide bonds. The first-order valence-corrected chi connectivity index (χ1v) is 10.6. The highest BCUT2D eigenvalue weighted by Crippen LogP contribution is 2.37. The van der Waals surface area contributed by atoms with E-state index in [1.807, 2.05) is 24.3 Å². The molecule has 2 N–H and O–H groups in total. The van der Waals surface area contributed by atoms with Crippen molar-refractivity contribution in [3.63, 3.8) is 0 Å². The third-order valence-corrected chi connectivity index (χ3v) is 5.78. The number of phenols is 1. The normalized spacial score (nSPS) is 18.6. The summed E-state index contributed by atoms with van der Waals surface area (Å²) in [5, 5.41) is 13.3. The van der Waals surface area contributed by atoms with Crippen LogP contribution in [-0.2, 0) is 0 Å². The van der Waals surface area contributed by atoms with Gasteiger partial charge in [0, 0.05) is 10.9 Å². The lowest BCUT2D eigenvalue weighted by Gasteiger charge is -2.33. The highest BCUT2D eigenvalue weighted by molar-refractivity contribution is 6.31. The number of hydrogen-bond donors (Lipinski definition) is 2. The van der Waals surface area contributed by atoms with Gasteiger partial charge >= 0.3 is 0 Å². The van der Waals surface area contributed by atoms with E-state index >= 15 is 0 Å². The molecular weight excluding hydrogens is 398 g/mol. The molecule has 30 heavy (non-hydrogen) atoms. The summed E-state index contributed by atoms with van der Waals surface area (Å²) in [6.07, 6.45) is 4.40. The molecule has 154 valence electrons. The van der Waals surface area contributed by atoms with Crippen LogP contribution in [0.4, 0.5) is 5.69 Å². The monoisotopic (exact) mass is 421 g/mol. The molecule has 0 spiro atoms. The molecule has 0 heterocycles. The second-order valence-electron chi connectivity index (χ2n) is 7.57. The molecule has 3 aromatic rings. The summed E-state index contributed by atoms with van der Waals surface area (Å²) >= 11 is 5.98. The van der Waals surface area contributed by atoms with Crippen LogP contribution in [0.1, 0.15) is 47.5 Å². The molecule has 0 saturated heterocycles. The topological polar surface area (TPSA) is 58.6 Å². The minimum absolute atomic E-state index is 0.0405. The summed E-state index contributed by atoms with van der Waals surface area (Å²) in [4.78, 5) is 12.7. The second kappa shape index (κ2) is 9.23. The van der Waals surface area contributed by atoms with Crippen molar-refractivity contribution in [3.8, 4) is 11.5 Å². The van der Waals surface area contributed by atoms with E-state index in [2.05, 4.69) is 29.6 Å². The summed E-state index contributed by atoms with van der Waals surface area (Å²) < 4.78 is 6.44. The molecule has 0 bridgehead atoms. The molecule has 2 atom stereocenters. The van der Waals surface area contributed by atoms with E-state index < -0.39 is 5.91 Å². The highest BCUT2D eigenvalue weighted by atomic mass is 35.5. The minimum Gasteiger partial charge on any atom is -0.507 e. The number of phenolic OH excluding ortho intramolecular Hbond substituents is 1. The van der Waals surface area contributed by atoms with Crippen LogP contribution in [0.15, 0.2) is 72.8 Å².